The van der Waals surface area contributed by atoms with Gasteiger partial charge >= 0.3 is 0 Å². The highest BCUT2D eigenvalue weighted by atomic mass is 35.5. The molecule has 0 bridgehead atoms. The Morgan fingerprint density at radius 2 is 1.88 bits per heavy atom. The van der Waals surface area contributed by atoms with Crippen molar-refractivity contribution in [2.75, 3.05) is 6.61 Å². The predicted molar refractivity (Wildman–Crippen MR) is 105 cm³/mol. The minimum atomic E-state index is -0.529. The fraction of sp³-hybridized carbons (Fsp3) is 0.429. The number of rotatable bonds is 9. The molecule has 3 nitrogen and oxygen atoms in total. The van der Waals surface area contributed by atoms with Gasteiger partial charge in [-0.25, -0.2) is 0 Å². The minimum absolute atomic E-state index is 0.00932. The molecule has 1 unspecified atom stereocenters. The van der Waals surface area contributed by atoms with Crippen molar-refractivity contribution >= 4 is 11.6 Å². The molecule has 3 N–H and O–H groups in total. The summed E-state index contributed by atoms with van der Waals surface area (Å²) in [5.41, 5.74) is 7.78. The van der Waals surface area contributed by atoms with E-state index in [4.69, 9.17) is 22.1 Å². The van der Waals surface area contributed by atoms with Crippen molar-refractivity contribution in [3.05, 3.63) is 58.6 Å². The molecule has 0 radical (unpaired) electrons. The standard InChI is InChI=1S/C21H28ClNO2/c1-3-6-16-7-4-9-18(13-16)25-19-11-10-17(20(22)14-19)8-5-12-21(2,23)15-24/h4,7,9-11,13-14,24H,3,5-6,8,12,15,23H2,1-2H3. The van der Waals surface area contributed by atoms with Crippen molar-refractivity contribution in [3.8, 4) is 11.5 Å². The molecule has 0 saturated carbocycles. The SMILES string of the molecule is CCCc1cccc(Oc2ccc(CCCC(C)(N)CO)c(Cl)c2)c1. The van der Waals surface area contributed by atoms with Crippen LogP contribution < -0.4 is 10.5 Å². The molecule has 1 atom stereocenters. The summed E-state index contributed by atoms with van der Waals surface area (Å²) in [6.45, 7) is 4.02. The Bertz CT molecular complexity index is 685. The van der Waals surface area contributed by atoms with Gasteiger partial charge in [-0.05, 0) is 68.0 Å². The van der Waals surface area contributed by atoms with Crippen molar-refractivity contribution in [1.29, 1.82) is 0 Å². The molecule has 0 aromatic heterocycles. The van der Waals surface area contributed by atoms with Crippen LogP contribution in [0.15, 0.2) is 42.5 Å². The maximum Gasteiger partial charge on any atom is 0.128 e. The van der Waals surface area contributed by atoms with Crippen LogP contribution in [0, 0.1) is 0 Å². The number of hydrogen-bond acceptors (Lipinski definition) is 3. The smallest absolute Gasteiger partial charge is 0.128 e. The number of ether oxygens (including phenoxy) is 1. The first kappa shape index (κ1) is 19.8. The number of aliphatic hydroxyl groups is 1. The fourth-order valence-electron chi connectivity index (χ4n) is 2.75. The molecule has 0 saturated heterocycles. The number of aryl methyl sites for hydroxylation is 2. The second kappa shape index (κ2) is 9.23. The lowest BCUT2D eigenvalue weighted by molar-refractivity contribution is 0.198. The van der Waals surface area contributed by atoms with E-state index in [2.05, 4.69) is 19.1 Å². The zero-order chi connectivity index (χ0) is 18.3. The summed E-state index contributed by atoms with van der Waals surface area (Å²) < 4.78 is 5.94. The molecule has 0 spiro atoms. The Labute approximate surface area is 155 Å². The van der Waals surface area contributed by atoms with Crippen molar-refractivity contribution < 1.29 is 9.84 Å². The van der Waals surface area contributed by atoms with E-state index in [0.29, 0.717) is 5.02 Å². The van der Waals surface area contributed by atoms with E-state index in [1.165, 1.54) is 5.56 Å². The molecular formula is C21H28ClNO2. The molecule has 2 aromatic rings. The number of hydrogen-bond donors (Lipinski definition) is 2. The lowest BCUT2D eigenvalue weighted by Crippen LogP contribution is -2.40. The number of nitrogens with two attached hydrogens (primary N) is 1. The van der Waals surface area contributed by atoms with Gasteiger partial charge in [-0.2, -0.15) is 0 Å². The number of benzene rings is 2. The average molecular weight is 362 g/mol. The van der Waals surface area contributed by atoms with Crippen molar-refractivity contribution in [3.63, 3.8) is 0 Å². The van der Waals surface area contributed by atoms with Gasteiger partial charge in [0.05, 0.1) is 6.61 Å². The van der Waals surface area contributed by atoms with Crippen LogP contribution in [0.4, 0.5) is 0 Å². The van der Waals surface area contributed by atoms with E-state index < -0.39 is 5.54 Å². The van der Waals surface area contributed by atoms with E-state index in [-0.39, 0.29) is 6.61 Å². The summed E-state index contributed by atoms with van der Waals surface area (Å²) in [4.78, 5) is 0. The summed E-state index contributed by atoms with van der Waals surface area (Å²) in [5.74, 6) is 1.57. The van der Waals surface area contributed by atoms with Gasteiger partial charge in [0.25, 0.3) is 0 Å². The highest BCUT2D eigenvalue weighted by Gasteiger charge is 2.16. The lowest BCUT2D eigenvalue weighted by atomic mass is 9.95. The van der Waals surface area contributed by atoms with Crippen LogP contribution in [0.5, 0.6) is 11.5 Å². The summed E-state index contributed by atoms with van der Waals surface area (Å²) in [7, 11) is 0. The third-order valence-electron chi connectivity index (χ3n) is 4.25. The molecular weight excluding hydrogens is 334 g/mol. The molecule has 0 amide bonds. The van der Waals surface area contributed by atoms with Crippen LogP contribution in [-0.4, -0.2) is 17.3 Å². The van der Waals surface area contributed by atoms with E-state index in [0.717, 1.165) is 49.2 Å². The minimum Gasteiger partial charge on any atom is -0.457 e. The third-order valence-corrected chi connectivity index (χ3v) is 4.60. The Kier molecular flexibility index (Phi) is 7.30. The monoisotopic (exact) mass is 361 g/mol. The lowest BCUT2D eigenvalue weighted by Gasteiger charge is -2.21. The molecule has 0 aliphatic rings. The predicted octanol–water partition coefficient (Wildman–Crippen LogP) is 5.12. The van der Waals surface area contributed by atoms with Gasteiger partial charge in [0.15, 0.2) is 0 Å². The van der Waals surface area contributed by atoms with Crippen LogP contribution in [-0.2, 0) is 12.8 Å². The van der Waals surface area contributed by atoms with Gasteiger partial charge < -0.3 is 15.6 Å². The van der Waals surface area contributed by atoms with Gasteiger partial charge in [-0.1, -0.05) is 43.1 Å². The largest absolute Gasteiger partial charge is 0.457 e. The Balaban J connectivity index is 1.98. The summed E-state index contributed by atoms with van der Waals surface area (Å²) >= 11 is 6.40. The van der Waals surface area contributed by atoms with E-state index >= 15 is 0 Å². The first-order valence-electron chi connectivity index (χ1n) is 8.88. The van der Waals surface area contributed by atoms with Crippen LogP contribution >= 0.6 is 11.6 Å². The summed E-state index contributed by atoms with van der Waals surface area (Å²) in [6.07, 6.45) is 4.62. The Morgan fingerprint density at radius 3 is 2.56 bits per heavy atom. The fourth-order valence-corrected chi connectivity index (χ4v) is 3.01. The molecule has 4 heteroatoms. The van der Waals surface area contributed by atoms with Gasteiger partial charge in [0.2, 0.25) is 0 Å². The summed E-state index contributed by atoms with van der Waals surface area (Å²) in [5, 5.41) is 9.91. The molecule has 0 aliphatic carbocycles. The highest BCUT2D eigenvalue weighted by Crippen LogP contribution is 2.28. The maximum absolute atomic E-state index is 9.21. The molecule has 0 heterocycles. The van der Waals surface area contributed by atoms with E-state index in [1.54, 1.807) is 0 Å². The van der Waals surface area contributed by atoms with Crippen molar-refractivity contribution in [1.82, 2.24) is 0 Å². The quantitative estimate of drug-likeness (QED) is 0.651. The highest BCUT2D eigenvalue weighted by molar-refractivity contribution is 6.31. The second-order valence-corrected chi connectivity index (χ2v) is 7.33. The van der Waals surface area contributed by atoms with Crippen LogP contribution in [0.1, 0.15) is 44.2 Å². The van der Waals surface area contributed by atoms with Gasteiger partial charge in [0, 0.05) is 10.6 Å². The van der Waals surface area contributed by atoms with Gasteiger partial charge in [-0.15, -0.1) is 0 Å². The number of aliphatic hydroxyl groups excluding tert-OH is 1. The molecule has 0 aliphatic heterocycles. The normalized spacial score (nSPS) is 13.5. The maximum atomic E-state index is 9.21. The number of halogens is 1. The third kappa shape index (κ3) is 6.35. The molecule has 25 heavy (non-hydrogen) atoms. The average Bonchev–Trinajstić information content (AvgIpc) is 2.57. The topological polar surface area (TPSA) is 55.5 Å². The zero-order valence-corrected chi connectivity index (χ0v) is 15.9. The molecule has 136 valence electrons. The zero-order valence-electron chi connectivity index (χ0n) is 15.1. The summed E-state index contributed by atoms with van der Waals surface area (Å²) in [6, 6.07) is 14.0. The van der Waals surface area contributed by atoms with Gasteiger partial charge in [0.1, 0.15) is 11.5 Å². The van der Waals surface area contributed by atoms with Crippen LogP contribution in [0.25, 0.3) is 0 Å². The van der Waals surface area contributed by atoms with E-state index in [9.17, 15) is 5.11 Å². The van der Waals surface area contributed by atoms with Crippen molar-refractivity contribution in [2.24, 2.45) is 5.73 Å². The molecule has 2 rings (SSSR count). The first-order chi connectivity index (χ1) is 11.9. The van der Waals surface area contributed by atoms with Crippen LogP contribution in [0.2, 0.25) is 5.02 Å². The Hall–Kier alpha value is -1.55. The van der Waals surface area contributed by atoms with Crippen molar-refractivity contribution in [2.45, 2.75) is 51.5 Å². The first-order valence-corrected chi connectivity index (χ1v) is 9.26. The second-order valence-electron chi connectivity index (χ2n) is 6.92. The Morgan fingerprint density at radius 1 is 1.12 bits per heavy atom. The van der Waals surface area contributed by atoms with Crippen LogP contribution in [0.3, 0.4) is 0 Å². The molecule has 2 aromatic carbocycles. The van der Waals surface area contributed by atoms with E-state index in [1.807, 2.05) is 37.3 Å². The van der Waals surface area contributed by atoms with Gasteiger partial charge in [-0.3, -0.25) is 0 Å². The molecule has 0 fully saturated rings.